The summed E-state index contributed by atoms with van der Waals surface area (Å²) in [5.74, 6) is 0. The van der Waals surface area contributed by atoms with Crippen LogP contribution in [-0.4, -0.2) is 17.5 Å². The largest absolute Gasteiger partial charge is 2.00 e. The van der Waals surface area contributed by atoms with Gasteiger partial charge in [-0.05, 0) is 0 Å². The summed E-state index contributed by atoms with van der Waals surface area (Å²) in [5.41, 5.74) is 0. The van der Waals surface area contributed by atoms with Gasteiger partial charge < -0.3 is 9.11 Å². The molecule has 0 aliphatic heterocycles. The van der Waals surface area contributed by atoms with Gasteiger partial charge in [0.2, 0.25) is 0 Å². The fourth-order valence-electron chi connectivity index (χ4n) is 0. The number of hydrogen-bond donors (Lipinski definition) is 0. The van der Waals surface area contributed by atoms with Gasteiger partial charge in [0.15, 0.2) is 0 Å². The van der Waals surface area contributed by atoms with Crippen LogP contribution >= 0.6 is 0 Å². The van der Waals surface area contributed by atoms with Crippen LogP contribution in [0.3, 0.4) is 0 Å². The summed E-state index contributed by atoms with van der Waals surface area (Å²) in [6.45, 7) is 3.12. The molecule has 0 heterocycles. The Labute approximate surface area is 69.4 Å². The minimum atomic E-state index is -5.17. The second-order valence-electron chi connectivity index (χ2n) is 0.741. The Balaban J connectivity index is -0.0000000910. The van der Waals surface area contributed by atoms with E-state index in [4.69, 9.17) is 22.8 Å². The zero-order valence-corrected chi connectivity index (χ0v) is 6.33. The zero-order chi connectivity index (χ0) is 7.91. The van der Waals surface area contributed by atoms with Crippen molar-refractivity contribution in [1.82, 2.24) is 0 Å². The van der Waals surface area contributed by atoms with E-state index in [0.29, 0.717) is 0 Å². The zero-order valence-electron chi connectivity index (χ0n) is 4.57. The maximum atomic E-state index is 8.52. The van der Waals surface area contributed by atoms with Crippen molar-refractivity contribution in [3.05, 3.63) is 12.7 Å². The van der Waals surface area contributed by atoms with Gasteiger partial charge in [0.25, 0.3) is 0 Å². The van der Waals surface area contributed by atoms with Gasteiger partial charge in [-0.15, -0.1) is 0 Å². The quantitative estimate of drug-likeness (QED) is 0.230. The summed E-state index contributed by atoms with van der Waals surface area (Å²) >= 11 is 0. The first-order valence-electron chi connectivity index (χ1n) is 1.59. The van der Waals surface area contributed by atoms with Gasteiger partial charge in [-0.2, -0.15) is 5.26 Å². The third-order valence-corrected chi connectivity index (χ3v) is 0.0913. The average molecular weight is 213 g/mol. The SMILES string of the molecule is C=CC#N.O=S(=O)([O-])[O-].[Cu+2]. The number of hydrogen-bond acceptors (Lipinski definition) is 5. The molecule has 0 rings (SSSR count). The van der Waals surface area contributed by atoms with E-state index in [2.05, 4.69) is 6.58 Å². The number of rotatable bonds is 0. The maximum Gasteiger partial charge on any atom is 2.00 e. The van der Waals surface area contributed by atoms with Crippen LogP contribution in [0.15, 0.2) is 12.7 Å². The molecule has 0 unspecified atom stereocenters. The van der Waals surface area contributed by atoms with E-state index >= 15 is 0 Å². The molecule has 0 bridgehead atoms. The van der Waals surface area contributed by atoms with Gasteiger partial charge in [-0.3, -0.25) is 8.42 Å². The van der Waals surface area contributed by atoms with E-state index < -0.39 is 10.4 Å². The van der Waals surface area contributed by atoms with Crippen molar-refractivity contribution in [2.45, 2.75) is 0 Å². The molecule has 5 nitrogen and oxygen atoms in total. The molecule has 0 saturated heterocycles. The third kappa shape index (κ3) is 870. The van der Waals surface area contributed by atoms with Crippen molar-refractivity contribution in [3.8, 4) is 6.07 Å². The molecule has 0 aromatic heterocycles. The van der Waals surface area contributed by atoms with Crippen LogP contribution < -0.4 is 0 Å². The van der Waals surface area contributed by atoms with Gasteiger partial charge in [0.1, 0.15) is 0 Å². The van der Waals surface area contributed by atoms with Crippen molar-refractivity contribution < 1.29 is 34.6 Å². The minimum Gasteiger partial charge on any atom is -0.759 e. The Morgan fingerprint density at radius 3 is 1.60 bits per heavy atom. The van der Waals surface area contributed by atoms with E-state index in [1.807, 2.05) is 0 Å². The van der Waals surface area contributed by atoms with E-state index in [-0.39, 0.29) is 17.1 Å². The van der Waals surface area contributed by atoms with Crippen LogP contribution in [0.4, 0.5) is 0 Å². The molecular formula is C3H3CuNO4S. The van der Waals surface area contributed by atoms with Crippen LogP contribution in [0, 0.1) is 11.3 Å². The summed E-state index contributed by atoms with van der Waals surface area (Å²) in [5, 5.41) is 7.51. The van der Waals surface area contributed by atoms with E-state index in [1.54, 1.807) is 6.07 Å². The fraction of sp³-hybridized carbons (Fsp3) is 0. The first-order valence-corrected chi connectivity index (χ1v) is 2.92. The molecule has 0 aliphatic carbocycles. The summed E-state index contributed by atoms with van der Waals surface area (Å²) in [6, 6.07) is 1.69. The summed E-state index contributed by atoms with van der Waals surface area (Å²) in [6.07, 6.45) is 1.18. The fourth-order valence-corrected chi connectivity index (χ4v) is 0. The smallest absolute Gasteiger partial charge is 0.759 e. The van der Waals surface area contributed by atoms with Crippen LogP contribution in [0.2, 0.25) is 0 Å². The molecule has 10 heavy (non-hydrogen) atoms. The molecule has 0 saturated carbocycles. The van der Waals surface area contributed by atoms with E-state index in [9.17, 15) is 0 Å². The van der Waals surface area contributed by atoms with Crippen molar-refractivity contribution >= 4 is 10.4 Å². The standard InChI is InChI=1S/C3H3N.Cu.H2O4S/c1-2-3-4;;1-5(2,3)4/h2H,1H2;;(H2,1,2,3,4)/q;+2;/p-2. The second-order valence-corrected chi connectivity index (χ2v) is 1.56. The molecule has 0 aliphatic rings. The Hall–Kier alpha value is -0.381. The molecule has 0 spiro atoms. The monoisotopic (exact) mass is 212 g/mol. The predicted molar refractivity (Wildman–Crippen MR) is 26.3 cm³/mol. The molecule has 0 fully saturated rings. The molecule has 0 amide bonds. The van der Waals surface area contributed by atoms with Crippen LogP contribution in [0.5, 0.6) is 0 Å². The molecule has 61 valence electrons. The Kier molecular flexibility index (Phi) is 14.1. The second kappa shape index (κ2) is 8.62. The Morgan fingerprint density at radius 1 is 1.50 bits per heavy atom. The molecule has 0 atom stereocenters. The molecule has 0 aromatic carbocycles. The Morgan fingerprint density at radius 2 is 1.60 bits per heavy atom. The number of allylic oxidation sites excluding steroid dienone is 1. The van der Waals surface area contributed by atoms with E-state index in [0.717, 1.165) is 0 Å². The number of nitriles is 1. The first kappa shape index (κ1) is 16.3. The van der Waals surface area contributed by atoms with Crippen molar-refractivity contribution in [3.63, 3.8) is 0 Å². The topological polar surface area (TPSA) is 104 Å². The van der Waals surface area contributed by atoms with Gasteiger partial charge in [0.05, 0.1) is 6.07 Å². The van der Waals surface area contributed by atoms with Crippen LogP contribution in [0.1, 0.15) is 0 Å². The van der Waals surface area contributed by atoms with Crippen molar-refractivity contribution in [2.24, 2.45) is 0 Å². The predicted octanol–water partition coefficient (Wildman–Crippen LogP) is -0.645. The molecule has 0 N–H and O–H groups in total. The molecule has 0 aromatic rings. The average Bonchev–Trinajstić information content (AvgIpc) is 1.61. The van der Waals surface area contributed by atoms with Crippen LogP contribution in [0.25, 0.3) is 0 Å². The van der Waals surface area contributed by atoms with Crippen molar-refractivity contribution in [1.29, 1.82) is 5.26 Å². The third-order valence-electron chi connectivity index (χ3n) is 0.0913. The Bertz CT molecular complexity index is 195. The van der Waals surface area contributed by atoms with E-state index in [1.165, 1.54) is 6.08 Å². The summed E-state index contributed by atoms with van der Waals surface area (Å²) < 4.78 is 34.1. The van der Waals surface area contributed by atoms with Gasteiger partial charge in [0, 0.05) is 16.5 Å². The van der Waals surface area contributed by atoms with Crippen molar-refractivity contribution in [2.75, 3.05) is 0 Å². The summed E-state index contributed by atoms with van der Waals surface area (Å²) in [4.78, 5) is 0. The molecule has 1 radical (unpaired) electrons. The summed E-state index contributed by atoms with van der Waals surface area (Å²) in [7, 11) is -5.17. The molecule has 7 heteroatoms. The maximum absolute atomic E-state index is 8.52. The normalized spacial score (nSPS) is 7.30. The van der Waals surface area contributed by atoms with Crippen LogP contribution in [-0.2, 0) is 27.5 Å². The number of nitrogens with zero attached hydrogens (tertiary/aromatic N) is 1. The first-order chi connectivity index (χ1) is 3.91. The van der Waals surface area contributed by atoms with Gasteiger partial charge >= 0.3 is 17.1 Å². The minimum absolute atomic E-state index is 0. The van der Waals surface area contributed by atoms with Gasteiger partial charge in [-0.1, -0.05) is 6.58 Å². The molecular weight excluding hydrogens is 210 g/mol. The van der Waals surface area contributed by atoms with Gasteiger partial charge in [-0.25, -0.2) is 0 Å².